The number of carbonyl (C=O) groups excluding carboxylic acids is 2. The third-order valence-electron chi connectivity index (χ3n) is 4.83. The molecule has 0 radical (unpaired) electrons. The molecule has 1 aromatic carbocycles. The van der Waals surface area contributed by atoms with Crippen LogP contribution in [0.15, 0.2) is 42.6 Å². The minimum Gasteiger partial charge on any atom is -0.383 e. The van der Waals surface area contributed by atoms with Crippen LogP contribution in [0.5, 0.6) is 0 Å². The number of hydrogen-bond donors (Lipinski definition) is 2. The van der Waals surface area contributed by atoms with Gasteiger partial charge < -0.3 is 16.0 Å². The molecule has 3 rings (SSSR count). The molecule has 2 aromatic rings. The molecule has 1 aliphatic heterocycles. The Balaban J connectivity index is 1.78. The van der Waals surface area contributed by atoms with Crippen molar-refractivity contribution < 1.29 is 9.59 Å². The summed E-state index contributed by atoms with van der Waals surface area (Å²) in [5, 5.41) is 2.65. The molecule has 2 atom stereocenters. The smallest absolute Gasteiger partial charge is 0.313 e. The number of aryl methyl sites for hydroxylation is 1. The lowest BCUT2D eigenvalue weighted by atomic mass is 9.90. The number of hydrogen-bond acceptors (Lipinski definition) is 4. The van der Waals surface area contributed by atoms with E-state index in [9.17, 15) is 9.59 Å². The number of nitrogens with two attached hydrogens (primary N) is 1. The molecule has 2 unspecified atom stereocenters. The molecule has 6 nitrogen and oxygen atoms in total. The number of nitrogens with one attached hydrogen (secondary N) is 1. The van der Waals surface area contributed by atoms with Gasteiger partial charge in [0.1, 0.15) is 5.82 Å². The number of carbonyl (C=O) groups is 2. The Bertz CT molecular complexity index is 807. The molecule has 1 aromatic heterocycles. The lowest BCUT2D eigenvalue weighted by Gasteiger charge is -2.38. The number of rotatable bonds is 2. The topological polar surface area (TPSA) is 88.3 Å². The highest BCUT2D eigenvalue weighted by molar-refractivity contribution is 6.39. The molecule has 26 heavy (non-hydrogen) atoms. The zero-order valence-corrected chi connectivity index (χ0v) is 15.1. The first-order chi connectivity index (χ1) is 12.5. The fourth-order valence-electron chi connectivity index (χ4n) is 3.37. The van der Waals surface area contributed by atoms with E-state index in [1.54, 1.807) is 17.9 Å². The predicted molar refractivity (Wildman–Crippen MR) is 101 cm³/mol. The van der Waals surface area contributed by atoms with Crippen LogP contribution in [0.25, 0.3) is 0 Å². The molecule has 2 heterocycles. The zero-order valence-electron chi connectivity index (χ0n) is 15.1. The van der Waals surface area contributed by atoms with Gasteiger partial charge >= 0.3 is 11.8 Å². The maximum absolute atomic E-state index is 12.9. The molecule has 0 spiro atoms. The fraction of sp³-hybridized carbons (Fsp3) is 0.350. The van der Waals surface area contributed by atoms with Crippen molar-refractivity contribution in [1.29, 1.82) is 0 Å². The second kappa shape index (κ2) is 7.56. The van der Waals surface area contributed by atoms with E-state index in [4.69, 9.17) is 5.73 Å². The maximum Gasteiger partial charge on any atom is 0.313 e. The number of piperidine rings is 1. The van der Waals surface area contributed by atoms with Gasteiger partial charge in [-0.2, -0.15) is 0 Å². The Morgan fingerprint density at radius 1 is 1.23 bits per heavy atom. The normalized spacial score (nSPS) is 19.8. The van der Waals surface area contributed by atoms with Crippen molar-refractivity contribution in [2.24, 2.45) is 5.92 Å². The molecule has 3 N–H and O–H groups in total. The SMILES string of the molecule is Cc1cc(NC(=O)C(=O)N2CC(C)CCC2c2ccccc2)cnc1N. The van der Waals surface area contributed by atoms with Gasteiger partial charge in [0.15, 0.2) is 0 Å². The highest BCUT2D eigenvalue weighted by Crippen LogP contribution is 2.33. The average molecular weight is 352 g/mol. The quantitative estimate of drug-likeness (QED) is 0.814. The number of nitrogens with zero attached hydrogens (tertiary/aromatic N) is 2. The number of aromatic nitrogens is 1. The largest absolute Gasteiger partial charge is 0.383 e. The van der Waals surface area contributed by atoms with E-state index in [-0.39, 0.29) is 6.04 Å². The van der Waals surface area contributed by atoms with Crippen molar-refractivity contribution in [1.82, 2.24) is 9.88 Å². The van der Waals surface area contributed by atoms with E-state index in [0.29, 0.717) is 24.0 Å². The number of benzene rings is 1. The summed E-state index contributed by atoms with van der Waals surface area (Å²) < 4.78 is 0. The Kier molecular flexibility index (Phi) is 5.21. The summed E-state index contributed by atoms with van der Waals surface area (Å²) >= 11 is 0. The predicted octanol–water partition coefficient (Wildman–Crippen LogP) is 2.91. The van der Waals surface area contributed by atoms with E-state index in [1.165, 1.54) is 6.20 Å². The van der Waals surface area contributed by atoms with Crippen molar-refractivity contribution in [3.05, 3.63) is 53.7 Å². The van der Waals surface area contributed by atoms with Crippen LogP contribution in [0.3, 0.4) is 0 Å². The van der Waals surface area contributed by atoms with E-state index < -0.39 is 11.8 Å². The molecule has 6 heteroatoms. The van der Waals surface area contributed by atoms with Crippen molar-refractivity contribution in [2.45, 2.75) is 32.7 Å². The minimum atomic E-state index is -0.647. The van der Waals surface area contributed by atoms with Crippen molar-refractivity contribution in [3.8, 4) is 0 Å². The molecule has 0 saturated carbocycles. The summed E-state index contributed by atoms with van der Waals surface area (Å²) in [4.78, 5) is 31.1. The van der Waals surface area contributed by atoms with Gasteiger partial charge in [0.25, 0.3) is 0 Å². The van der Waals surface area contributed by atoms with E-state index in [1.807, 2.05) is 30.3 Å². The second-order valence-corrected chi connectivity index (χ2v) is 6.95. The number of pyridine rings is 1. The molecule has 2 amide bonds. The third-order valence-corrected chi connectivity index (χ3v) is 4.83. The molecule has 0 bridgehead atoms. The highest BCUT2D eigenvalue weighted by Gasteiger charge is 2.34. The monoisotopic (exact) mass is 352 g/mol. The van der Waals surface area contributed by atoms with Crippen LogP contribution in [0.2, 0.25) is 0 Å². The van der Waals surface area contributed by atoms with Crippen LogP contribution in [0.1, 0.15) is 36.9 Å². The lowest BCUT2D eigenvalue weighted by Crippen LogP contribution is -2.46. The lowest BCUT2D eigenvalue weighted by molar-refractivity contribution is -0.146. The molecule has 0 aliphatic carbocycles. The Labute approximate surface area is 153 Å². The third kappa shape index (κ3) is 3.85. The maximum atomic E-state index is 12.9. The molecular weight excluding hydrogens is 328 g/mol. The van der Waals surface area contributed by atoms with Gasteiger partial charge in [-0.3, -0.25) is 9.59 Å². The highest BCUT2D eigenvalue weighted by atomic mass is 16.2. The first kappa shape index (κ1) is 17.9. The zero-order chi connectivity index (χ0) is 18.7. The molecule has 1 aliphatic rings. The summed E-state index contributed by atoms with van der Waals surface area (Å²) in [7, 11) is 0. The summed E-state index contributed by atoms with van der Waals surface area (Å²) in [6, 6.07) is 11.5. The van der Waals surface area contributed by atoms with Gasteiger partial charge in [-0.25, -0.2) is 4.98 Å². The number of anilines is 2. The minimum absolute atomic E-state index is 0.0723. The Morgan fingerprint density at radius 3 is 2.65 bits per heavy atom. The van der Waals surface area contributed by atoms with Crippen molar-refractivity contribution >= 4 is 23.3 Å². The van der Waals surface area contributed by atoms with Gasteiger partial charge in [-0.1, -0.05) is 37.3 Å². The summed E-state index contributed by atoms with van der Waals surface area (Å²) in [6.45, 7) is 4.48. The van der Waals surface area contributed by atoms with Crippen molar-refractivity contribution in [3.63, 3.8) is 0 Å². The first-order valence-corrected chi connectivity index (χ1v) is 8.84. The molecular formula is C20H24N4O2. The van der Waals surface area contributed by atoms with Crippen LogP contribution in [-0.4, -0.2) is 28.2 Å². The van der Waals surface area contributed by atoms with E-state index >= 15 is 0 Å². The van der Waals surface area contributed by atoms with Gasteiger partial charge in [0.05, 0.1) is 17.9 Å². The van der Waals surface area contributed by atoms with Crippen LogP contribution in [0.4, 0.5) is 11.5 Å². The first-order valence-electron chi connectivity index (χ1n) is 8.84. The summed E-state index contributed by atoms with van der Waals surface area (Å²) in [5.74, 6) is -0.388. The summed E-state index contributed by atoms with van der Waals surface area (Å²) in [6.07, 6.45) is 3.35. The van der Waals surface area contributed by atoms with Gasteiger partial charge in [-0.15, -0.1) is 0 Å². The van der Waals surface area contributed by atoms with Crippen LogP contribution < -0.4 is 11.1 Å². The van der Waals surface area contributed by atoms with Gasteiger partial charge in [-0.05, 0) is 42.9 Å². The van der Waals surface area contributed by atoms with Crippen LogP contribution in [0, 0.1) is 12.8 Å². The number of likely N-dealkylation sites (tertiary alicyclic amines) is 1. The average Bonchev–Trinajstić information content (AvgIpc) is 2.64. The number of amides is 2. The standard InChI is InChI=1S/C20H24N4O2/c1-13-8-9-17(15-6-4-3-5-7-15)24(12-13)20(26)19(25)23-16-10-14(2)18(21)22-11-16/h3-7,10-11,13,17H,8-9,12H2,1-2H3,(H2,21,22)(H,23,25). The van der Waals surface area contributed by atoms with Gasteiger partial charge in [0, 0.05) is 6.54 Å². The Hall–Kier alpha value is -2.89. The molecule has 1 saturated heterocycles. The van der Waals surface area contributed by atoms with E-state index in [0.717, 1.165) is 24.0 Å². The molecule has 1 fully saturated rings. The van der Waals surface area contributed by atoms with Crippen LogP contribution in [-0.2, 0) is 9.59 Å². The second-order valence-electron chi connectivity index (χ2n) is 6.95. The van der Waals surface area contributed by atoms with Gasteiger partial charge in [0.2, 0.25) is 0 Å². The van der Waals surface area contributed by atoms with E-state index in [2.05, 4.69) is 17.2 Å². The summed E-state index contributed by atoms with van der Waals surface area (Å²) in [5.41, 5.74) is 7.98. The van der Waals surface area contributed by atoms with Crippen molar-refractivity contribution in [2.75, 3.05) is 17.6 Å². The molecule has 136 valence electrons. The Morgan fingerprint density at radius 2 is 1.96 bits per heavy atom. The number of nitrogen functional groups attached to an aromatic ring is 1. The fourth-order valence-corrected chi connectivity index (χ4v) is 3.37. The van der Waals surface area contributed by atoms with Crippen LogP contribution >= 0.6 is 0 Å².